The molecule has 1 N–H and O–H groups in total. The fraction of sp³-hybridized carbons (Fsp3) is 0.382. The molecule has 0 bridgehead atoms. The number of anilines is 2. The summed E-state index contributed by atoms with van der Waals surface area (Å²) in [6.45, 7) is 5.40. The summed E-state index contributed by atoms with van der Waals surface area (Å²) in [4.78, 5) is 42.0. The summed E-state index contributed by atoms with van der Waals surface area (Å²) < 4.78 is 0. The van der Waals surface area contributed by atoms with Crippen LogP contribution >= 0.6 is 11.6 Å². The molecule has 1 aliphatic carbocycles. The highest BCUT2D eigenvalue weighted by Gasteiger charge is 2.33. The molecule has 41 heavy (non-hydrogen) atoms. The highest BCUT2D eigenvalue weighted by atomic mass is 35.5. The van der Waals surface area contributed by atoms with Crippen molar-refractivity contribution in [1.82, 2.24) is 4.90 Å². The van der Waals surface area contributed by atoms with Crippen LogP contribution in [-0.4, -0.2) is 35.7 Å². The van der Waals surface area contributed by atoms with Crippen molar-refractivity contribution >= 4 is 40.7 Å². The molecule has 1 unspecified atom stereocenters. The minimum absolute atomic E-state index is 0.0170. The summed E-state index contributed by atoms with van der Waals surface area (Å²) in [7, 11) is 0. The number of Topliss-reactive ketones (excluding diaryl/α,β-unsaturated/α-hetero) is 1. The number of urea groups is 1. The molecule has 0 spiro atoms. The van der Waals surface area contributed by atoms with E-state index in [-0.39, 0.29) is 23.6 Å². The molecule has 0 radical (unpaired) electrons. The molecule has 214 valence electrons. The predicted molar refractivity (Wildman–Crippen MR) is 165 cm³/mol. The molecule has 2 fully saturated rings. The van der Waals surface area contributed by atoms with Gasteiger partial charge in [-0.2, -0.15) is 0 Å². The monoisotopic (exact) mass is 571 g/mol. The van der Waals surface area contributed by atoms with Gasteiger partial charge >= 0.3 is 6.03 Å². The molecular formula is C34H38ClN3O3. The lowest BCUT2D eigenvalue weighted by Crippen LogP contribution is -2.31. The second-order valence-corrected chi connectivity index (χ2v) is 11.8. The molecule has 1 heterocycles. The van der Waals surface area contributed by atoms with E-state index in [0.29, 0.717) is 43.4 Å². The maximum absolute atomic E-state index is 13.8. The number of benzene rings is 3. The van der Waals surface area contributed by atoms with Gasteiger partial charge in [0.05, 0.1) is 5.92 Å². The maximum atomic E-state index is 13.8. The third-order valence-electron chi connectivity index (χ3n) is 8.53. The van der Waals surface area contributed by atoms with Gasteiger partial charge in [-0.1, -0.05) is 66.9 Å². The third-order valence-corrected chi connectivity index (χ3v) is 8.77. The summed E-state index contributed by atoms with van der Waals surface area (Å²) in [6.07, 6.45) is 5.54. The summed E-state index contributed by atoms with van der Waals surface area (Å²) >= 11 is 6.14. The number of hydrogen-bond donors (Lipinski definition) is 1. The minimum atomic E-state index is -0.237. The first-order valence-electron chi connectivity index (χ1n) is 14.6. The van der Waals surface area contributed by atoms with Crippen molar-refractivity contribution in [3.05, 3.63) is 94.0 Å². The van der Waals surface area contributed by atoms with Gasteiger partial charge < -0.3 is 15.0 Å². The molecule has 6 nitrogen and oxygen atoms in total. The largest absolute Gasteiger partial charge is 0.325 e. The lowest BCUT2D eigenvalue weighted by molar-refractivity contribution is -0.119. The number of nitrogens with zero attached hydrogens (tertiary/aromatic N) is 2. The number of halogens is 1. The molecule has 7 heteroatoms. The van der Waals surface area contributed by atoms with Crippen molar-refractivity contribution in [2.75, 3.05) is 23.3 Å². The molecule has 1 saturated heterocycles. The Kier molecular flexibility index (Phi) is 9.09. The number of carbonyl (C=O) groups is 3. The van der Waals surface area contributed by atoms with E-state index in [2.05, 4.69) is 17.4 Å². The number of rotatable bonds is 10. The fourth-order valence-electron chi connectivity index (χ4n) is 6.20. The minimum Gasteiger partial charge on any atom is -0.325 e. The van der Waals surface area contributed by atoms with Gasteiger partial charge in [0.15, 0.2) is 0 Å². The topological polar surface area (TPSA) is 69.7 Å². The number of hydrogen-bond acceptors (Lipinski definition) is 3. The van der Waals surface area contributed by atoms with Crippen LogP contribution < -0.4 is 10.2 Å². The van der Waals surface area contributed by atoms with Crippen LogP contribution in [0.5, 0.6) is 0 Å². The van der Waals surface area contributed by atoms with Crippen LogP contribution in [0.2, 0.25) is 5.02 Å². The zero-order valence-corrected chi connectivity index (χ0v) is 24.6. The van der Waals surface area contributed by atoms with Gasteiger partial charge in [0.25, 0.3) is 0 Å². The van der Waals surface area contributed by atoms with Crippen LogP contribution in [0.25, 0.3) is 0 Å². The van der Waals surface area contributed by atoms with E-state index < -0.39 is 0 Å². The molecule has 0 aromatic heterocycles. The Morgan fingerprint density at radius 1 is 1.00 bits per heavy atom. The molecule has 2 aliphatic rings. The van der Waals surface area contributed by atoms with E-state index in [1.807, 2.05) is 60.4 Å². The van der Waals surface area contributed by atoms with Crippen molar-refractivity contribution in [3.8, 4) is 0 Å². The zero-order valence-electron chi connectivity index (χ0n) is 23.9. The SMILES string of the molecule is CC(=O)CCc1cccc(NC(=O)C(c2ccc(CN3CCN(c4cccc(Cl)c4)C3=O)cc2)C2CCCC2)c1C. The lowest BCUT2D eigenvalue weighted by atomic mass is 9.83. The smallest absolute Gasteiger partial charge is 0.324 e. The standard InChI is InChI=1S/C34H38ClN3O3/c1-23(39)13-16-26-9-5-12-31(24(26)2)36-33(40)32(27-7-3-4-8-27)28-17-14-25(15-18-28)22-37-19-20-38(34(37)41)30-11-6-10-29(35)21-30/h5-6,9-12,14-15,17-18,21,27,32H,3-4,7-8,13,16,19-20,22H2,1-2H3,(H,36,40). The number of nitrogens with one attached hydrogen (secondary N) is 1. The van der Waals surface area contributed by atoms with Gasteiger partial charge in [0.1, 0.15) is 5.78 Å². The average Bonchev–Trinajstić information content (AvgIpc) is 3.60. The molecule has 1 saturated carbocycles. The van der Waals surface area contributed by atoms with E-state index in [1.165, 1.54) is 0 Å². The van der Waals surface area contributed by atoms with Crippen LogP contribution in [0.15, 0.2) is 66.7 Å². The molecule has 1 aliphatic heterocycles. The maximum Gasteiger partial charge on any atom is 0.324 e. The summed E-state index contributed by atoms with van der Waals surface area (Å²) in [5, 5.41) is 3.84. The summed E-state index contributed by atoms with van der Waals surface area (Å²) in [5.41, 5.74) is 5.78. The fourth-order valence-corrected chi connectivity index (χ4v) is 6.39. The summed E-state index contributed by atoms with van der Waals surface area (Å²) in [6, 6.07) is 21.5. The number of amides is 3. The Labute approximate surface area is 247 Å². The molecule has 1 atom stereocenters. The van der Waals surface area contributed by atoms with Crippen molar-refractivity contribution in [3.63, 3.8) is 0 Å². The summed E-state index contributed by atoms with van der Waals surface area (Å²) in [5.74, 6) is 0.242. The normalized spacial score (nSPS) is 16.3. The van der Waals surface area contributed by atoms with E-state index in [1.54, 1.807) is 17.9 Å². The first kappa shape index (κ1) is 28.9. The van der Waals surface area contributed by atoms with Crippen LogP contribution in [-0.2, 0) is 22.6 Å². The number of aryl methyl sites for hydroxylation is 1. The van der Waals surface area contributed by atoms with Gasteiger partial charge in [0.2, 0.25) is 5.91 Å². The Bertz CT molecular complexity index is 1410. The van der Waals surface area contributed by atoms with E-state index in [9.17, 15) is 14.4 Å². The van der Waals surface area contributed by atoms with Gasteiger partial charge in [-0.05, 0) is 85.5 Å². The van der Waals surface area contributed by atoms with Crippen LogP contribution in [0, 0.1) is 12.8 Å². The first-order chi connectivity index (χ1) is 19.8. The van der Waals surface area contributed by atoms with Crippen molar-refractivity contribution in [1.29, 1.82) is 0 Å². The first-order valence-corrected chi connectivity index (χ1v) is 15.0. The average molecular weight is 572 g/mol. The Morgan fingerprint density at radius 2 is 1.73 bits per heavy atom. The predicted octanol–water partition coefficient (Wildman–Crippen LogP) is 7.52. The van der Waals surface area contributed by atoms with Gasteiger partial charge in [-0.15, -0.1) is 0 Å². The molecule has 3 amide bonds. The van der Waals surface area contributed by atoms with E-state index >= 15 is 0 Å². The second kappa shape index (κ2) is 12.9. The van der Waals surface area contributed by atoms with Gasteiger partial charge in [-0.3, -0.25) is 9.69 Å². The van der Waals surface area contributed by atoms with Crippen LogP contribution in [0.1, 0.15) is 67.2 Å². The number of ketones is 1. The Hall–Kier alpha value is -3.64. The van der Waals surface area contributed by atoms with Crippen LogP contribution in [0.3, 0.4) is 0 Å². The van der Waals surface area contributed by atoms with Gasteiger partial charge in [0, 0.05) is 42.5 Å². The third kappa shape index (κ3) is 6.82. The molecule has 3 aromatic rings. The molecular weight excluding hydrogens is 534 g/mol. The van der Waals surface area contributed by atoms with E-state index in [4.69, 9.17) is 11.6 Å². The van der Waals surface area contributed by atoms with Gasteiger partial charge in [-0.25, -0.2) is 4.79 Å². The highest BCUT2D eigenvalue weighted by Crippen LogP contribution is 2.38. The Balaban J connectivity index is 1.29. The van der Waals surface area contributed by atoms with Crippen molar-refractivity contribution < 1.29 is 14.4 Å². The highest BCUT2D eigenvalue weighted by molar-refractivity contribution is 6.30. The quantitative estimate of drug-likeness (QED) is 0.273. The van der Waals surface area contributed by atoms with E-state index in [0.717, 1.165) is 59.3 Å². The molecule has 5 rings (SSSR count). The second-order valence-electron chi connectivity index (χ2n) is 11.4. The number of carbonyl (C=O) groups excluding carboxylic acids is 3. The lowest BCUT2D eigenvalue weighted by Gasteiger charge is -2.25. The molecule has 3 aromatic carbocycles. The Morgan fingerprint density at radius 3 is 2.44 bits per heavy atom. The van der Waals surface area contributed by atoms with Crippen molar-refractivity contribution in [2.45, 2.75) is 64.8 Å². The zero-order chi connectivity index (χ0) is 28.9. The van der Waals surface area contributed by atoms with Crippen molar-refractivity contribution in [2.24, 2.45) is 5.92 Å². The van der Waals surface area contributed by atoms with Crippen LogP contribution in [0.4, 0.5) is 16.2 Å².